The maximum atomic E-state index is 13.0. The molecule has 0 aliphatic heterocycles. The van der Waals surface area contributed by atoms with Crippen LogP contribution in [0.15, 0.2) is 29.3 Å². The molecule has 0 unspecified atom stereocenters. The lowest BCUT2D eigenvalue weighted by molar-refractivity contribution is -0.137. The molecule has 14 heteroatoms. The van der Waals surface area contributed by atoms with Gasteiger partial charge in [0.05, 0.1) is 16.2 Å². The van der Waals surface area contributed by atoms with Crippen molar-refractivity contribution in [3.8, 4) is 23.0 Å². The van der Waals surface area contributed by atoms with Gasteiger partial charge in [0.2, 0.25) is 5.65 Å². The Labute approximate surface area is 167 Å². The summed E-state index contributed by atoms with van der Waals surface area (Å²) in [6, 6.07) is 3.02. The minimum absolute atomic E-state index is 0.0120. The van der Waals surface area contributed by atoms with Crippen LogP contribution in [0, 0.1) is 0 Å². The van der Waals surface area contributed by atoms with Crippen LogP contribution in [0.4, 0.5) is 13.2 Å². The molecule has 0 radical (unpaired) electrons. The smallest absolute Gasteiger partial charge is 0.307 e. The Bertz CT molecular complexity index is 1360. The van der Waals surface area contributed by atoms with Crippen LogP contribution in [0.5, 0.6) is 0 Å². The van der Waals surface area contributed by atoms with E-state index in [1.165, 1.54) is 24.6 Å². The topological polar surface area (TPSA) is 132 Å². The molecule has 0 aliphatic carbocycles. The zero-order valence-corrected chi connectivity index (χ0v) is 16.3. The number of aromatic amines is 1. The Hall–Kier alpha value is -3.42. The molecule has 0 saturated carbocycles. The summed E-state index contributed by atoms with van der Waals surface area (Å²) in [5.41, 5.74) is -0.539. The second-order valence-electron chi connectivity index (χ2n) is 6.26. The zero-order chi connectivity index (χ0) is 21.7. The molecule has 0 bridgehead atoms. The largest absolute Gasteiger partial charge is 0.416 e. The first-order valence-electron chi connectivity index (χ1n) is 8.49. The highest BCUT2D eigenvalue weighted by Gasteiger charge is 2.31. The van der Waals surface area contributed by atoms with Crippen LogP contribution in [-0.4, -0.2) is 54.3 Å². The van der Waals surface area contributed by atoms with Crippen molar-refractivity contribution in [2.24, 2.45) is 7.05 Å². The van der Waals surface area contributed by atoms with Gasteiger partial charge in [-0.15, -0.1) is 15.3 Å². The first kappa shape index (κ1) is 19.9. The molecule has 30 heavy (non-hydrogen) atoms. The van der Waals surface area contributed by atoms with Gasteiger partial charge in [-0.2, -0.15) is 13.2 Å². The Morgan fingerprint density at radius 3 is 2.57 bits per heavy atom. The Morgan fingerprint density at radius 1 is 1.13 bits per heavy atom. The molecule has 0 aromatic carbocycles. The van der Waals surface area contributed by atoms with Crippen molar-refractivity contribution >= 4 is 21.0 Å². The van der Waals surface area contributed by atoms with E-state index < -0.39 is 21.6 Å². The summed E-state index contributed by atoms with van der Waals surface area (Å²) in [5.74, 6) is -0.159. The summed E-state index contributed by atoms with van der Waals surface area (Å²) in [6.45, 7) is 1.48. The minimum Gasteiger partial charge on any atom is -0.307 e. The molecule has 156 valence electrons. The van der Waals surface area contributed by atoms with Gasteiger partial charge in [0.15, 0.2) is 21.5 Å². The molecular weight excluding hydrogens is 425 g/mol. The third-order valence-corrected chi connectivity index (χ3v) is 6.14. The average molecular weight is 438 g/mol. The Balaban J connectivity index is 1.91. The van der Waals surface area contributed by atoms with Crippen LogP contribution in [-0.2, 0) is 23.1 Å². The van der Waals surface area contributed by atoms with Crippen LogP contribution in [0.25, 0.3) is 34.2 Å². The quantitative estimate of drug-likeness (QED) is 0.512. The number of alkyl halides is 3. The van der Waals surface area contributed by atoms with E-state index in [0.717, 1.165) is 18.3 Å². The lowest BCUT2D eigenvalue weighted by Gasteiger charge is -2.10. The number of halogens is 3. The molecule has 4 rings (SSSR count). The van der Waals surface area contributed by atoms with E-state index in [1.807, 2.05) is 0 Å². The molecule has 0 fully saturated rings. The molecule has 4 aromatic rings. The van der Waals surface area contributed by atoms with Crippen molar-refractivity contribution in [1.29, 1.82) is 0 Å². The first-order chi connectivity index (χ1) is 14.1. The monoisotopic (exact) mass is 438 g/mol. The minimum atomic E-state index is -4.55. The summed E-state index contributed by atoms with van der Waals surface area (Å²) < 4.78 is 65.6. The second-order valence-corrected chi connectivity index (χ2v) is 8.50. The van der Waals surface area contributed by atoms with Gasteiger partial charge in [0, 0.05) is 13.2 Å². The number of H-pyrrole nitrogens is 1. The highest BCUT2D eigenvalue weighted by Crippen LogP contribution is 2.32. The number of rotatable bonds is 4. The SMILES string of the molecule is CCS(=O)(=O)c1cc2[nH]nnc2nc1-c1nnc(-c2cc(C(F)(F)F)ccn2)n1C. The average Bonchev–Trinajstić information content (AvgIpc) is 3.32. The third kappa shape index (κ3) is 3.28. The summed E-state index contributed by atoms with van der Waals surface area (Å²) in [4.78, 5) is 8.04. The Kier molecular flexibility index (Phi) is 4.52. The fourth-order valence-corrected chi connectivity index (χ4v) is 3.85. The summed E-state index contributed by atoms with van der Waals surface area (Å²) in [5, 5.41) is 17.8. The van der Waals surface area contributed by atoms with E-state index in [2.05, 4.69) is 35.6 Å². The van der Waals surface area contributed by atoms with Gasteiger partial charge < -0.3 is 4.57 Å². The zero-order valence-electron chi connectivity index (χ0n) is 15.5. The number of aromatic nitrogens is 8. The molecular formula is C16H13F3N8O2S. The Morgan fingerprint density at radius 2 is 1.87 bits per heavy atom. The molecule has 0 atom stereocenters. The first-order valence-corrected chi connectivity index (χ1v) is 10.1. The van der Waals surface area contributed by atoms with E-state index in [-0.39, 0.29) is 39.3 Å². The number of pyridine rings is 2. The maximum Gasteiger partial charge on any atom is 0.416 e. The number of sulfone groups is 1. The van der Waals surface area contributed by atoms with Crippen molar-refractivity contribution in [2.45, 2.75) is 18.0 Å². The number of nitrogens with zero attached hydrogens (tertiary/aromatic N) is 7. The van der Waals surface area contributed by atoms with Crippen LogP contribution in [0.1, 0.15) is 12.5 Å². The highest BCUT2D eigenvalue weighted by molar-refractivity contribution is 7.91. The molecule has 1 N–H and O–H groups in total. The fourth-order valence-electron chi connectivity index (χ4n) is 2.81. The van der Waals surface area contributed by atoms with Crippen LogP contribution in [0.2, 0.25) is 0 Å². The normalized spacial score (nSPS) is 12.6. The summed E-state index contributed by atoms with van der Waals surface area (Å²) >= 11 is 0. The molecule has 4 aromatic heterocycles. The van der Waals surface area contributed by atoms with Gasteiger partial charge in [-0.25, -0.2) is 13.4 Å². The van der Waals surface area contributed by atoms with Crippen molar-refractivity contribution < 1.29 is 21.6 Å². The molecule has 0 saturated heterocycles. The maximum absolute atomic E-state index is 13.0. The fraction of sp³-hybridized carbons (Fsp3) is 0.250. The van der Waals surface area contributed by atoms with Crippen molar-refractivity contribution in [3.63, 3.8) is 0 Å². The van der Waals surface area contributed by atoms with Gasteiger partial charge >= 0.3 is 6.18 Å². The molecule has 0 aliphatic rings. The molecule has 0 amide bonds. The van der Waals surface area contributed by atoms with Gasteiger partial charge in [0.25, 0.3) is 0 Å². The van der Waals surface area contributed by atoms with Crippen molar-refractivity contribution in [2.75, 3.05) is 5.75 Å². The van der Waals surface area contributed by atoms with Crippen LogP contribution in [0.3, 0.4) is 0 Å². The van der Waals surface area contributed by atoms with Crippen molar-refractivity contribution in [1.82, 2.24) is 40.1 Å². The lowest BCUT2D eigenvalue weighted by atomic mass is 10.2. The van der Waals surface area contributed by atoms with E-state index >= 15 is 0 Å². The molecule has 4 heterocycles. The van der Waals surface area contributed by atoms with E-state index in [1.54, 1.807) is 0 Å². The number of hydrogen-bond donors (Lipinski definition) is 1. The number of hydrogen-bond acceptors (Lipinski definition) is 8. The highest BCUT2D eigenvalue weighted by atomic mass is 32.2. The van der Waals surface area contributed by atoms with Gasteiger partial charge in [-0.1, -0.05) is 12.1 Å². The van der Waals surface area contributed by atoms with E-state index in [0.29, 0.717) is 5.52 Å². The molecule has 0 spiro atoms. The predicted octanol–water partition coefficient (Wildman–Crippen LogP) is 2.02. The van der Waals surface area contributed by atoms with E-state index in [9.17, 15) is 21.6 Å². The summed E-state index contributed by atoms with van der Waals surface area (Å²) in [6.07, 6.45) is -3.54. The lowest BCUT2D eigenvalue weighted by Crippen LogP contribution is -2.09. The van der Waals surface area contributed by atoms with Gasteiger partial charge in [0.1, 0.15) is 16.9 Å². The van der Waals surface area contributed by atoms with Crippen LogP contribution < -0.4 is 0 Å². The number of nitrogens with one attached hydrogen (secondary N) is 1. The number of fused-ring (bicyclic) bond motifs is 1. The standard InChI is InChI=1S/C16H13F3N8O2S/c1-3-30(28,29)11-7-9-13(23-26-22-9)21-12(11)15-25-24-14(27(15)2)10-6-8(4-5-20-10)16(17,18)19/h4-7H,3H2,1-2H3,(H,21,22,23,26). The third-order valence-electron chi connectivity index (χ3n) is 4.40. The van der Waals surface area contributed by atoms with Crippen LogP contribution >= 0.6 is 0 Å². The molecule has 10 nitrogen and oxygen atoms in total. The predicted molar refractivity (Wildman–Crippen MR) is 97.6 cm³/mol. The van der Waals surface area contributed by atoms with Gasteiger partial charge in [-0.05, 0) is 18.2 Å². The van der Waals surface area contributed by atoms with Gasteiger partial charge in [-0.3, -0.25) is 10.1 Å². The van der Waals surface area contributed by atoms with E-state index in [4.69, 9.17) is 0 Å². The summed E-state index contributed by atoms with van der Waals surface area (Å²) in [7, 11) is -2.25. The second kappa shape index (κ2) is 6.83. The van der Waals surface area contributed by atoms with Crippen molar-refractivity contribution in [3.05, 3.63) is 30.0 Å².